The summed E-state index contributed by atoms with van der Waals surface area (Å²) in [4.78, 5) is 49.9. The van der Waals surface area contributed by atoms with Gasteiger partial charge in [-0.25, -0.2) is 0 Å². The van der Waals surface area contributed by atoms with E-state index in [-0.39, 0.29) is 29.3 Å². The van der Waals surface area contributed by atoms with Gasteiger partial charge in [-0.2, -0.15) is 0 Å². The van der Waals surface area contributed by atoms with Gasteiger partial charge in [0.15, 0.2) is 18.1 Å². The highest BCUT2D eigenvalue weighted by Gasteiger charge is 2.36. The highest BCUT2D eigenvalue weighted by molar-refractivity contribution is 8.18. The Balaban J connectivity index is 1.43. The van der Waals surface area contributed by atoms with Crippen molar-refractivity contribution in [1.82, 2.24) is 4.90 Å². The van der Waals surface area contributed by atoms with Crippen molar-refractivity contribution in [2.75, 3.05) is 25.6 Å². The molecule has 0 unspecified atom stereocenters. The van der Waals surface area contributed by atoms with Crippen molar-refractivity contribution in [3.63, 3.8) is 0 Å². The summed E-state index contributed by atoms with van der Waals surface area (Å²) >= 11 is 0.741. The quantitative estimate of drug-likeness (QED) is 0.188. The second-order valence-corrected chi connectivity index (χ2v) is 9.32. The molecule has 0 aromatic heterocycles. The number of nitrogens with zero attached hydrogens (tertiary/aromatic N) is 2. The molecule has 206 valence electrons. The minimum Gasteiger partial charge on any atom is -0.493 e. The topological polar surface area (TPSA) is 137 Å². The molecule has 0 atom stereocenters. The first-order chi connectivity index (χ1) is 19.3. The van der Waals surface area contributed by atoms with E-state index < -0.39 is 22.0 Å². The van der Waals surface area contributed by atoms with Gasteiger partial charge in [0.1, 0.15) is 5.75 Å². The minimum atomic E-state index is -0.559. The maximum Gasteiger partial charge on any atom is 0.293 e. The Hall–Kier alpha value is -4.84. The van der Waals surface area contributed by atoms with Crippen molar-refractivity contribution in [3.8, 4) is 17.2 Å². The Morgan fingerprint density at radius 1 is 1.02 bits per heavy atom. The van der Waals surface area contributed by atoms with Gasteiger partial charge >= 0.3 is 0 Å². The molecule has 0 aliphatic carbocycles. The number of methoxy groups -OCH3 is 1. The van der Waals surface area contributed by atoms with E-state index in [1.54, 1.807) is 48.5 Å². The first kappa shape index (κ1) is 28.2. The van der Waals surface area contributed by atoms with Crippen LogP contribution in [0.1, 0.15) is 18.1 Å². The number of nitro groups is 1. The molecular weight excluding hydrogens is 538 g/mol. The number of carbonyl (C=O) groups is 3. The largest absolute Gasteiger partial charge is 0.493 e. The Labute approximate surface area is 233 Å². The monoisotopic (exact) mass is 563 g/mol. The van der Waals surface area contributed by atoms with E-state index in [4.69, 9.17) is 14.2 Å². The van der Waals surface area contributed by atoms with Crippen molar-refractivity contribution in [3.05, 3.63) is 92.9 Å². The van der Waals surface area contributed by atoms with E-state index in [9.17, 15) is 24.5 Å². The first-order valence-corrected chi connectivity index (χ1v) is 12.9. The van der Waals surface area contributed by atoms with Crippen LogP contribution in [0, 0.1) is 10.1 Å². The number of ether oxygens (including phenoxy) is 3. The summed E-state index contributed by atoms with van der Waals surface area (Å²) in [5.74, 6) is 0.210. The third kappa shape index (κ3) is 6.59. The molecule has 0 saturated carbocycles. The number of thioether (sulfide) groups is 1. The van der Waals surface area contributed by atoms with Gasteiger partial charge in [-0.15, -0.1) is 0 Å². The van der Waals surface area contributed by atoms with E-state index >= 15 is 0 Å². The molecular formula is C28H25N3O8S. The zero-order valence-electron chi connectivity index (χ0n) is 21.6. The van der Waals surface area contributed by atoms with Crippen LogP contribution in [-0.2, 0) is 16.1 Å². The number of benzene rings is 3. The number of imide groups is 1. The SMILES string of the molecule is CCOc1ccccc1NC(=O)COc1ccc(/C=C2/SC(=O)N(Cc3ccccc3[N+](=O)[O-])C2=O)cc1OC. The number of amides is 3. The van der Waals surface area contributed by atoms with Gasteiger partial charge < -0.3 is 19.5 Å². The molecule has 1 saturated heterocycles. The molecule has 11 nitrogen and oxygen atoms in total. The van der Waals surface area contributed by atoms with Crippen LogP contribution in [0.5, 0.6) is 17.2 Å². The van der Waals surface area contributed by atoms with Crippen LogP contribution < -0.4 is 19.5 Å². The summed E-state index contributed by atoms with van der Waals surface area (Å²) in [6, 6.07) is 17.9. The highest BCUT2D eigenvalue weighted by Crippen LogP contribution is 2.36. The normalized spacial score (nSPS) is 13.8. The molecule has 0 radical (unpaired) electrons. The average Bonchev–Trinajstić information content (AvgIpc) is 3.20. The second kappa shape index (κ2) is 12.8. The maximum absolute atomic E-state index is 13.0. The van der Waals surface area contributed by atoms with Crippen LogP contribution in [0.3, 0.4) is 0 Å². The first-order valence-electron chi connectivity index (χ1n) is 12.1. The standard InChI is InChI=1S/C28H25N3O8S/c1-3-38-22-11-7-5-9-20(22)29-26(32)17-39-23-13-12-18(14-24(23)37-2)15-25-27(33)30(28(34)40-25)16-19-8-4-6-10-21(19)31(35)36/h4-15H,3,16-17H2,1-2H3,(H,29,32)/b25-15+. The number of nitro benzene ring substituents is 1. The molecule has 1 aliphatic heterocycles. The Morgan fingerprint density at radius 3 is 2.52 bits per heavy atom. The smallest absolute Gasteiger partial charge is 0.293 e. The number of rotatable bonds is 11. The number of carbonyl (C=O) groups excluding carboxylic acids is 3. The minimum absolute atomic E-state index is 0.159. The van der Waals surface area contributed by atoms with Crippen LogP contribution in [-0.4, -0.2) is 47.2 Å². The molecule has 4 rings (SSSR count). The van der Waals surface area contributed by atoms with E-state index in [0.717, 1.165) is 16.7 Å². The van der Waals surface area contributed by atoms with E-state index in [1.807, 2.05) is 6.92 Å². The van der Waals surface area contributed by atoms with E-state index in [2.05, 4.69) is 5.32 Å². The molecule has 0 spiro atoms. The fourth-order valence-corrected chi connectivity index (χ4v) is 4.69. The maximum atomic E-state index is 13.0. The van der Waals surface area contributed by atoms with Crippen LogP contribution in [0.25, 0.3) is 6.08 Å². The fourth-order valence-electron chi connectivity index (χ4n) is 3.85. The molecule has 3 aromatic carbocycles. The van der Waals surface area contributed by atoms with Gasteiger partial charge in [-0.05, 0) is 54.6 Å². The van der Waals surface area contributed by atoms with Gasteiger partial charge in [-0.3, -0.25) is 29.4 Å². The predicted octanol–water partition coefficient (Wildman–Crippen LogP) is 5.26. The lowest BCUT2D eigenvalue weighted by molar-refractivity contribution is -0.385. The molecule has 40 heavy (non-hydrogen) atoms. The Bertz CT molecular complexity index is 1490. The van der Waals surface area contributed by atoms with Crippen LogP contribution >= 0.6 is 11.8 Å². The van der Waals surface area contributed by atoms with Gasteiger partial charge in [-0.1, -0.05) is 36.4 Å². The molecule has 1 fully saturated rings. The summed E-state index contributed by atoms with van der Waals surface area (Å²) in [6.07, 6.45) is 1.52. The van der Waals surface area contributed by atoms with E-state index in [0.29, 0.717) is 35.1 Å². The zero-order chi connectivity index (χ0) is 28.6. The number of hydrogen-bond donors (Lipinski definition) is 1. The van der Waals surface area contributed by atoms with Crippen molar-refractivity contribution in [2.24, 2.45) is 0 Å². The summed E-state index contributed by atoms with van der Waals surface area (Å²) in [5, 5.41) is 13.5. The number of nitrogens with one attached hydrogen (secondary N) is 1. The molecule has 0 bridgehead atoms. The lowest BCUT2D eigenvalue weighted by atomic mass is 10.1. The van der Waals surface area contributed by atoms with E-state index in [1.165, 1.54) is 31.4 Å². The fraction of sp³-hybridized carbons (Fsp3) is 0.179. The molecule has 12 heteroatoms. The van der Waals surface area contributed by atoms with Gasteiger partial charge in [0.05, 0.1) is 35.8 Å². The molecule has 1 heterocycles. The Kier molecular flexibility index (Phi) is 9.02. The number of anilines is 1. The van der Waals surface area contributed by atoms with Gasteiger partial charge in [0.2, 0.25) is 0 Å². The van der Waals surface area contributed by atoms with Crippen molar-refractivity contribution in [1.29, 1.82) is 0 Å². The number of hydrogen-bond acceptors (Lipinski definition) is 9. The van der Waals surface area contributed by atoms with Crippen LogP contribution in [0.4, 0.5) is 16.2 Å². The molecule has 1 aliphatic rings. The van der Waals surface area contributed by atoms with Crippen molar-refractivity contribution >= 4 is 46.3 Å². The lowest BCUT2D eigenvalue weighted by Crippen LogP contribution is -2.27. The van der Waals surface area contributed by atoms with Crippen molar-refractivity contribution in [2.45, 2.75) is 13.5 Å². The summed E-state index contributed by atoms with van der Waals surface area (Å²) in [6.45, 7) is 1.80. The summed E-state index contributed by atoms with van der Waals surface area (Å²) < 4.78 is 16.6. The third-order valence-electron chi connectivity index (χ3n) is 5.70. The highest BCUT2D eigenvalue weighted by atomic mass is 32.2. The van der Waals surface area contributed by atoms with Gasteiger partial charge in [0, 0.05) is 11.6 Å². The zero-order valence-corrected chi connectivity index (χ0v) is 22.4. The predicted molar refractivity (Wildman–Crippen MR) is 149 cm³/mol. The number of para-hydroxylation sites is 3. The molecule has 1 N–H and O–H groups in total. The molecule has 3 aromatic rings. The lowest BCUT2D eigenvalue weighted by Gasteiger charge is -2.13. The van der Waals surface area contributed by atoms with Crippen LogP contribution in [0.15, 0.2) is 71.6 Å². The third-order valence-corrected chi connectivity index (χ3v) is 6.60. The van der Waals surface area contributed by atoms with Crippen LogP contribution in [0.2, 0.25) is 0 Å². The van der Waals surface area contributed by atoms with Gasteiger partial charge in [0.25, 0.3) is 22.7 Å². The average molecular weight is 564 g/mol. The summed E-state index contributed by atoms with van der Waals surface area (Å²) in [7, 11) is 1.44. The Morgan fingerprint density at radius 2 is 1.77 bits per heavy atom. The molecule has 3 amide bonds. The second-order valence-electron chi connectivity index (χ2n) is 8.33. The van der Waals surface area contributed by atoms with Crippen molar-refractivity contribution < 1.29 is 33.5 Å². The summed E-state index contributed by atoms with van der Waals surface area (Å²) in [5.41, 5.74) is 1.16.